The smallest absolute Gasteiger partial charge is 0.306 e. The normalized spacial score (nSPS) is 13.6. The van der Waals surface area contributed by atoms with E-state index in [-0.39, 0.29) is 42.7 Å². The Morgan fingerprint density at radius 2 is 0.981 bits per heavy atom. The van der Waals surface area contributed by atoms with E-state index >= 15 is 0 Å². The Morgan fingerprint density at radius 3 is 1.44 bits per heavy atom. The first kappa shape index (κ1) is 51.0. The molecule has 2 unspecified atom stereocenters. The van der Waals surface area contributed by atoms with E-state index in [9.17, 15) is 19.5 Å². The quantitative estimate of drug-likeness (QED) is 0.0269. The monoisotopic (exact) mass is 758 g/mol. The molecule has 0 spiro atoms. The van der Waals surface area contributed by atoms with Crippen LogP contribution in [0.25, 0.3) is 0 Å². The van der Waals surface area contributed by atoms with Crippen LogP contribution >= 0.6 is 0 Å². The number of unbranched alkanes of at least 4 members (excludes halogenated alkanes) is 13. The fourth-order valence-corrected chi connectivity index (χ4v) is 5.89. The zero-order valence-corrected chi connectivity index (χ0v) is 35.1. The van der Waals surface area contributed by atoms with Crippen molar-refractivity contribution in [2.45, 2.75) is 174 Å². The predicted octanol–water partition coefficient (Wildman–Crippen LogP) is 10.1. The Morgan fingerprint density at radius 1 is 0.556 bits per heavy atom. The second-order valence-corrected chi connectivity index (χ2v) is 15.2. The van der Waals surface area contributed by atoms with Gasteiger partial charge in [-0.15, -0.1) is 0 Å². The van der Waals surface area contributed by atoms with Crippen LogP contribution in [0.3, 0.4) is 0 Å². The Bertz CT molecular complexity index is 1070. The van der Waals surface area contributed by atoms with Crippen molar-refractivity contribution < 1.29 is 38.2 Å². The molecule has 0 saturated carbocycles. The van der Waals surface area contributed by atoms with Crippen molar-refractivity contribution in [3.8, 4) is 0 Å². The standard InChI is InChI=1S/C46H79NO7/c1-6-8-10-12-14-16-18-20-22-23-25-26-28-30-32-34-36-44(48)53-41-42(40-52-39-38-43(46(50)51)47(3,4)5)54-45(49)37-35-33-31-29-27-24-21-19-17-15-13-11-9-7-2/h8-11,14-17,20,22,42-43H,6-7,12-13,18-19,21,23-41H2,1-5H3/b10-8+,11-9+,16-14+,17-15+,22-20+. The molecule has 310 valence electrons. The Kier molecular flexibility index (Phi) is 34.9. The summed E-state index contributed by atoms with van der Waals surface area (Å²) in [6, 6.07) is -0.731. The molecule has 8 heteroatoms. The number of hydrogen-bond donors (Lipinski definition) is 0. The van der Waals surface area contributed by atoms with Crippen molar-refractivity contribution in [2.75, 3.05) is 41.0 Å². The minimum absolute atomic E-state index is 0.0308. The molecule has 0 rings (SSSR count). The highest BCUT2D eigenvalue weighted by Gasteiger charge is 2.25. The van der Waals surface area contributed by atoms with Gasteiger partial charge in [-0.05, 0) is 70.6 Å². The lowest BCUT2D eigenvalue weighted by Gasteiger charge is -2.34. The maximum atomic E-state index is 12.7. The zero-order valence-electron chi connectivity index (χ0n) is 35.1. The molecule has 0 amide bonds. The Balaban J connectivity index is 4.39. The minimum atomic E-state index is -1.13. The van der Waals surface area contributed by atoms with Gasteiger partial charge in [0.15, 0.2) is 6.10 Å². The van der Waals surface area contributed by atoms with Crippen molar-refractivity contribution in [2.24, 2.45) is 0 Å². The molecule has 0 saturated heterocycles. The number of esters is 2. The van der Waals surface area contributed by atoms with Crippen molar-refractivity contribution in [3.05, 3.63) is 60.8 Å². The van der Waals surface area contributed by atoms with Gasteiger partial charge >= 0.3 is 11.9 Å². The number of rotatable bonds is 37. The van der Waals surface area contributed by atoms with Gasteiger partial charge in [0.1, 0.15) is 12.6 Å². The van der Waals surface area contributed by atoms with Crippen LogP contribution in [0.15, 0.2) is 60.8 Å². The van der Waals surface area contributed by atoms with Crippen LogP contribution in [-0.2, 0) is 28.6 Å². The number of likely N-dealkylation sites (N-methyl/N-ethyl adjacent to an activating group) is 1. The van der Waals surface area contributed by atoms with Gasteiger partial charge in [0.05, 0.1) is 40.3 Å². The molecular formula is C46H79NO7. The molecule has 0 bridgehead atoms. The highest BCUT2D eigenvalue weighted by Crippen LogP contribution is 2.13. The first-order valence-electron chi connectivity index (χ1n) is 21.3. The highest BCUT2D eigenvalue weighted by atomic mass is 16.6. The van der Waals surface area contributed by atoms with Crippen LogP contribution in [0.5, 0.6) is 0 Å². The summed E-state index contributed by atoms with van der Waals surface area (Å²) < 4.78 is 17.1. The first-order chi connectivity index (χ1) is 26.1. The lowest BCUT2D eigenvalue weighted by Crippen LogP contribution is -2.55. The van der Waals surface area contributed by atoms with Gasteiger partial charge in [-0.3, -0.25) is 9.59 Å². The average Bonchev–Trinajstić information content (AvgIpc) is 3.12. The summed E-state index contributed by atoms with van der Waals surface area (Å²) >= 11 is 0. The van der Waals surface area contributed by atoms with E-state index in [1.165, 1.54) is 32.1 Å². The fraction of sp³-hybridized carbons (Fsp3) is 0.717. The first-order valence-corrected chi connectivity index (χ1v) is 21.3. The SMILES string of the molecule is CC/C=C/C/C=C/C/C=C/CCCCCCCCC(=O)OCC(COCCC(C(=O)[O-])[N+](C)(C)C)OC(=O)CCCCCCCCC/C=C/C/C=C/CC. The van der Waals surface area contributed by atoms with E-state index < -0.39 is 18.1 Å². The topological polar surface area (TPSA) is 102 Å². The summed E-state index contributed by atoms with van der Waals surface area (Å²) in [5.41, 5.74) is 0. The third kappa shape index (κ3) is 34.8. The van der Waals surface area contributed by atoms with E-state index in [1.54, 1.807) is 21.1 Å². The van der Waals surface area contributed by atoms with E-state index in [0.29, 0.717) is 12.8 Å². The van der Waals surface area contributed by atoms with Crippen LogP contribution in [0, 0.1) is 0 Å². The fourth-order valence-electron chi connectivity index (χ4n) is 5.89. The molecule has 0 aliphatic carbocycles. The number of aliphatic carboxylic acids is 1. The summed E-state index contributed by atoms with van der Waals surface area (Å²) in [5, 5.41) is 11.6. The second-order valence-electron chi connectivity index (χ2n) is 15.2. The summed E-state index contributed by atoms with van der Waals surface area (Å²) in [4.78, 5) is 36.8. The molecule has 0 fully saturated rings. The van der Waals surface area contributed by atoms with Gasteiger partial charge < -0.3 is 28.6 Å². The number of carboxylic acid groups (broad SMARTS) is 1. The number of carboxylic acids is 1. The van der Waals surface area contributed by atoms with Crippen LogP contribution in [-0.4, -0.2) is 75.5 Å². The van der Waals surface area contributed by atoms with Crippen LogP contribution in [0.1, 0.15) is 162 Å². The van der Waals surface area contributed by atoms with Gasteiger partial charge in [-0.1, -0.05) is 132 Å². The largest absolute Gasteiger partial charge is 0.544 e. The third-order valence-corrected chi connectivity index (χ3v) is 9.15. The van der Waals surface area contributed by atoms with Crippen molar-refractivity contribution in [3.63, 3.8) is 0 Å². The molecule has 0 aliphatic heterocycles. The molecule has 0 heterocycles. The van der Waals surface area contributed by atoms with Crippen molar-refractivity contribution in [1.29, 1.82) is 0 Å². The van der Waals surface area contributed by atoms with Crippen LogP contribution in [0.4, 0.5) is 0 Å². The average molecular weight is 758 g/mol. The molecular weight excluding hydrogens is 679 g/mol. The lowest BCUT2D eigenvalue weighted by molar-refractivity contribution is -0.889. The van der Waals surface area contributed by atoms with Gasteiger partial charge in [0.2, 0.25) is 0 Å². The molecule has 0 N–H and O–H groups in total. The molecule has 0 aromatic carbocycles. The molecule has 0 aliphatic rings. The maximum absolute atomic E-state index is 12.7. The lowest BCUT2D eigenvalue weighted by atomic mass is 10.1. The maximum Gasteiger partial charge on any atom is 0.306 e. The molecule has 0 radical (unpaired) electrons. The van der Waals surface area contributed by atoms with Gasteiger partial charge in [-0.2, -0.15) is 0 Å². The summed E-state index contributed by atoms with van der Waals surface area (Å²) in [7, 11) is 5.39. The summed E-state index contributed by atoms with van der Waals surface area (Å²) in [6.07, 6.45) is 43.8. The molecule has 0 aromatic heterocycles. The number of quaternary nitrogens is 1. The molecule has 0 aromatic rings. The van der Waals surface area contributed by atoms with E-state index in [0.717, 1.165) is 96.3 Å². The minimum Gasteiger partial charge on any atom is -0.544 e. The number of carbonyl (C=O) groups excluding carboxylic acids is 3. The van der Waals surface area contributed by atoms with E-state index in [4.69, 9.17) is 14.2 Å². The second kappa shape index (κ2) is 37.0. The number of ether oxygens (including phenoxy) is 3. The highest BCUT2D eigenvalue weighted by molar-refractivity contribution is 5.70. The number of hydrogen-bond acceptors (Lipinski definition) is 7. The zero-order chi connectivity index (χ0) is 40.0. The predicted molar refractivity (Wildman–Crippen MR) is 222 cm³/mol. The number of allylic oxidation sites excluding steroid dienone is 10. The summed E-state index contributed by atoms with van der Waals surface area (Å²) in [6.45, 7) is 4.41. The van der Waals surface area contributed by atoms with Crippen molar-refractivity contribution in [1.82, 2.24) is 0 Å². The van der Waals surface area contributed by atoms with E-state index in [2.05, 4.69) is 74.6 Å². The van der Waals surface area contributed by atoms with Crippen LogP contribution in [0.2, 0.25) is 0 Å². The van der Waals surface area contributed by atoms with E-state index in [1.807, 2.05) is 0 Å². The van der Waals surface area contributed by atoms with Gasteiger partial charge in [0, 0.05) is 19.3 Å². The third-order valence-electron chi connectivity index (χ3n) is 9.15. The summed E-state index contributed by atoms with van der Waals surface area (Å²) in [5.74, 6) is -1.77. The Labute approximate surface area is 330 Å². The number of carbonyl (C=O) groups is 3. The molecule has 54 heavy (non-hydrogen) atoms. The van der Waals surface area contributed by atoms with Crippen LogP contribution < -0.4 is 5.11 Å². The molecule has 8 nitrogen and oxygen atoms in total. The van der Waals surface area contributed by atoms with Gasteiger partial charge in [-0.25, -0.2) is 0 Å². The van der Waals surface area contributed by atoms with Gasteiger partial charge in [0.25, 0.3) is 0 Å². The number of nitrogens with zero attached hydrogens (tertiary/aromatic N) is 1. The Hall–Kier alpha value is -2.97. The molecule has 2 atom stereocenters. The van der Waals surface area contributed by atoms with Crippen molar-refractivity contribution >= 4 is 17.9 Å².